The molecule has 38 heavy (non-hydrogen) atoms. The van der Waals surface area contributed by atoms with E-state index in [2.05, 4.69) is 25.3 Å². The van der Waals surface area contributed by atoms with Crippen LogP contribution >= 0.6 is 11.6 Å². The standard InChI is InChI=1S/C26H28ClN8O3/c1-17-10-18(7-8-22(17)27)32-25-21-12-19(28-13-23(21)29-15-30-25)11-20(36)6-5-9-35(3,4)14-24-26(34(37)38)31-16-33(24)2/h5-8,10,12-13,15-16H,9,11,14H2,1-4H3,(H,29,30,32)/q+1/b6-5+. The van der Waals surface area contributed by atoms with Gasteiger partial charge in [-0.3, -0.25) is 9.78 Å². The molecule has 4 aromatic rings. The summed E-state index contributed by atoms with van der Waals surface area (Å²) in [6.45, 7) is 2.82. The molecule has 0 saturated carbocycles. The molecule has 0 amide bonds. The van der Waals surface area contributed by atoms with Crippen LogP contribution in [0.5, 0.6) is 0 Å². The lowest BCUT2D eigenvalue weighted by molar-refractivity contribution is -0.898. The summed E-state index contributed by atoms with van der Waals surface area (Å²) >= 11 is 6.14. The Bertz CT molecular complexity index is 1550. The molecule has 0 fully saturated rings. The molecule has 0 aliphatic heterocycles. The second-order valence-electron chi connectivity index (χ2n) is 9.71. The van der Waals surface area contributed by atoms with E-state index >= 15 is 0 Å². The number of quaternary nitrogens is 1. The average molecular weight is 536 g/mol. The van der Waals surface area contributed by atoms with Crippen LogP contribution in [-0.2, 0) is 24.8 Å². The van der Waals surface area contributed by atoms with Crippen LogP contribution in [0.4, 0.5) is 17.3 Å². The van der Waals surface area contributed by atoms with Gasteiger partial charge in [0.1, 0.15) is 18.7 Å². The van der Waals surface area contributed by atoms with Crippen LogP contribution in [0.25, 0.3) is 10.9 Å². The highest BCUT2D eigenvalue weighted by atomic mass is 35.5. The number of anilines is 2. The van der Waals surface area contributed by atoms with Crippen molar-refractivity contribution in [3.8, 4) is 0 Å². The van der Waals surface area contributed by atoms with Crippen molar-refractivity contribution < 1.29 is 14.2 Å². The van der Waals surface area contributed by atoms with Crippen LogP contribution in [0.3, 0.4) is 0 Å². The number of nitro groups is 1. The van der Waals surface area contributed by atoms with Gasteiger partial charge in [-0.25, -0.2) is 9.97 Å². The lowest BCUT2D eigenvalue weighted by Crippen LogP contribution is -2.39. The summed E-state index contributed by atoms with van der Waals surface area (Å²) in [5, 5.41) is 16.0. The Morgan fingerprint density at radius 3 is 2.74 bits per heavy atom. The number of likely N-dealkylation sites (N-methyl/N-ethyl adjacent to an activating group) is 1. The second kappa shape index (κ2) is 11.0. The van der Waals surface area contributed by atoms with E-state index in [0.717, 1.165) is 16.6 Å². The van der Waals surface area contributed by atoms with E-state index in [4.69, 9.17) is 11.6 Å². The van der Waals surface area contributed by atoms with Crippen molar-refractivity contribution in [3.63, 3.8) is 0 Å². The van der Waals surface area contributed by atoms with Crippen LogP contribution in [-0.4, -0.2) is 60.3 Å². The van der Waals surface area contributed by atoms with E-state index < -0.39 is 4.92 Å². The zero-order valence-electron chi connectivity index (χ0n) is 21.6. The van der Waals surface area contributed by atoms with Crippen molar-refractivity contribution in [2.24, 2.45) is 7.05 Å². The Morgan fingerprint density at radius 1 is 1.21 bits per heavy atom. The summed E-state index contributed by atoms with van der Waals surface area (Å²) in [7, 11) is 5.61. The summed E-state index contributed by atoms with van der Waals surface area (Å²) in [5.74, 6) is 0.347. The topological polar surface area (TPSA) is 129 Å². The van der Waals surface area contributed by atoms with Gasteiger partial charge in [0.05, 0.1) is 38.8 Å². The van der Waals surface area contributed by atoms with E-state index in [-0.39, 0.29) is 18.0 Å². The second-order valence-corrected chi connectivity index (χ2v) is 10.1. The summed E-state index contributed by atoms with van der Waals surface area (Å²) in [6, 6.07) is 7.43. The van der Waals surface area contributed by atoms with Gasteiger partial charge in [0.25, 0.3) is 0 Å². The number of hydrogen-bond acceptors (Lipinski definition) is 8. The van der Waals surface area contributed by atoms with Gasteiger partial charge in [0, 0.05) is 28.8 Å². The number of benzene rings is 1. The first-order valence-corrected chi connectivity index (χ1v) is 12.2. The number of allylic oxidation sites excluding steroid dienone is 1. The number of halogens is 1. The SMILES string of the molecule is Cc1cc(Nc2ncnc3cnc(CC(=O)/C=C/C[N+](C)(C)Cc4c([N+](=O)[O-])ncn4C)cc23)ccc1Cl. The van der Waals surface area contributed by atoms with Gasteiger partial charge in [-0.15, -0.1) is 0 Å². The molecule has 0 bridgehead atoms. The Hall–Kier alpha value is -4.22. The van der Waals surface area contributed by atoms with E-state index in [1.807, 2.05) is 45.3 Å². The number of rotatable bonds is 10. The first-order valence-electron chi connectivity index (χ1n) is 11.8. The molecule has 0 atom stereocenters. The molecule has 0 aliphatic rings. The van der Waals surface area contributed by atoms with Gasteiger partial charge in [-0.1, -0.05) is 11.6 Å². The number of nitrogens with one attached hydrogen (secondary N) is 1. The molecule has 1 aromatic carbocycles. The highest BCUT2D eigenvalue weighted by Gasteiger charge is 2.26. The minimum absolute atomic E-state index is 0.108. The fourth-order valence-corrected chi connectivity index (χ4v) is 4.13. The average Bonchev–Trinajstić information content (AvgIpc) is 3.21. The van der Waals surface area contributed by atoms with Gasteiger partial charge in [0.15, 0.2) is 11.5 Å². The Morgan fingerprint density at radius 2 is 2.00 bits per heavy atom. The van der Waals surface area contributed by atoms with Crippen molar-refractivity contribution in [2.45, 2.75) is 19.9 Å². The number of imidazole rings is 1. The number of carbonyl (C=O) groups is 1. The number of aryl methyl sites for hydroxylation is 2. The summed E-state index contributed by atoms with van der Waals surface area (Å²) in [5.41, 5.74) is 3.55. The molecule has 3 heterocycles. The highest BCUT2D eigenvalue weighted by molar-refractivity contribution is 6.31. The van der Waals surface area contributed by atoms with Gasteiger partial charge in [-0.05, 0) is 58.8 Å². The number of carbonyl (C=O) groups excluding carboxylic acids is 1. The number of hydrogen-bond donors (Lipinski definition) is 1. The Balaban J connectivity index is 1.44. The molecule has 0 saturated heterocycles. The molecule has 0 unspecified atom stereocenters. The number of aromatic nitrogens is 5. The van der Waals surface area contributed by atoms with E-state index in [1.54, 1.807) is 23.9 Å². The zero-order chi connectivity index (χ0) is 27.4. The first kappa shape index (κ1) is 26.8. The predicted octanol–water partition coefficient (Wildman–Crippen LogP) is 4.32. The molecular formula is C26H28ClN8O3+. The summed E-state index contributed by atoms with van der Waals surface area (Å²) in [4.78, 5) is 40.4. The van der Waals surface area contributed by atoms with Gasteiger partial charge in [-0.2, -0.15) is 0 Å². The Labute approximate surface area is 224 Å². The molecule has 12 heteroatoms. The lowest BCUT2D eigenvalue weighted by Gasteiger charge is -2.27. The minimum Gasteiger partial charge on any atom is -0.358 e. The van der Waals surface area contributed by atoms with Gasteiger partial charge < -0.3 is 24.5 Å². The molecule has 1 N–H and O–H groups in total. The van der Waals surface area contributed by atoms with Crippen LogP contribution in [0.1, 0.15) is 17.0 Å². The van der Waals surface area contributed by atoms with Crippen LogP contribution in [0, 0.1) is 17.0 Å². The van der Waals surface area contributed by atoms with Crippen molar-refractivity contribution in [2.75, 3.05) is 26.0 Å². The lowest BCUT2D eigenvalue weighted by atomic mass is 10.1. The monoisotopic (exact) mass is 535 g/mol. The van der Waals surface area contributed by atoms with Crippen molar-refractivity contribution in [3.05, 3.63) is 87.4 Å². The predicted molar refractivity (Wildman–Crippen MR) is 145 cm³/mol. The van der Waals surface area contributed by atoms with Crippen molar-refractivity contribution in [1.29, 1.82) is 0 Å². The fraction of sp³-hybridized carbons (Fsp3) is 0.269. The van der Waals surface area contributed by atoms with E-state index in [9.17, 15) is 14.9 Å². The maximum Gasteiger partial charge on any atom is 0.390 e. The van der Waals surface area contributed by atoms with Gasteiger partial charge in [0.2, 0.25) is 6.33 Å². The Kier molecular flexibility index (Phi) is 7.79. The normalized spacial score (nSPS) is 11.8. The summed E-state index contributed by atoms with van der Waals surface area (Å²) in [6.07, 6.45) is 7.95. The van der Waals surface area contributed by atoms with Crippen molar-refractivity contribution >= 4 is 45.6 Å². The molecule has 0 aliphatic carbocycles. The first-order chi connectivity index (χ1) is 18.0. The molecule has 0 radical (unpaired) electrons. The largest absolute Gasteiger partial charge is 0.390 e. The maximum absolute atomic E-state index is 12.7. The smallest absolute Gasteiger partial charge is 0.358 e. The molecular weight excluding hydrogens is 508 g/mol. The fourth-order valence-electron chi connectivity index (χ4n) is 4.01. The van der Waals surface area contributed by atoms with E-state index in [0.29, 0.717) is 45.3 Å². The molecule has 11 nitrogen and oxygen atoms in total. The van der Waals surface area contributed by atoms with Crippen LogP contribution < -0.4 is 5.32 Å². The van der Waals surface area contributed by atoms with Crippen LogP contribution in [0.2, 0.25) is 5.02 Å². The molecule has 0 spiro atoms. The molecule has 196 valence electrons. The number of nitrogens with zero attached hydrogens (tertiary/aromatic N) is 7. The number of ketones is 1. The quantitative estimate of drug-likeness (QED) is 0.138. The number of fused-ring (bicyclic) bond motifs is 1. The third-order valence-corrected chi connectivity index (χ3v) is 6.47. The maximum atomic E-state index is 12.7. The van der Waals surface area contributed by atoms with Crippen molar-refractivity contribution in [1.82, 2.24) is 24.5 Å². The third kappa shape index (κ3) is 6.36. The molecule has 4 rings (SSSR count). The summed E-state index contributed by atoms with van der Waals surface area (Å²) < 4.78 is 2.06. The zero-order valence-corrected chi connectivity index (χ0v) is 22.3. The third-order valence-electron chi connectivity index (χ3n) is 6.05. The molecule has 3 aromatic heterocycles. The van der Waals surface area contributed by atoms with E-state index in [1.165, 1.54) is 18.7 Å². The highest BCUT2D eigenvalue weighted by Crippen LogP contribution is 2.26. The minimum atomic E-state index is -0.478. The number of pyridine rings is 1. The van der Waals surface area contributed by atoms with Gasteiger partial charge >= 0.3 is 5.82 Å². The van der Waals surface area contributed by atoms with Crippen LogP contribution in [0.15, 0.2) is 55.3 Å².